The second-order valence-electron chi connectivity index (χ2n) is 9.43. The molecule has 0 saturated carbocycles. The summed E-state index contributed by atoms with van der Waals surface area (Å²) in [6.45, 7) is 0.140. The van der Waals surface area contributed by atoms with Crippen molar-refractivity contribution in [2.45, 2.75) is 19.3 Å². The number of halogens is 6. The van der Waals surface area contributed by atoms with Gasteiger partial charge in [0.1, 0.15) is 29.6 Å². The highest BCUT2D eigenvalue weighted by Gasteiger charge is 2.34. The number of ether oxygens (including phenoxy) is 1. The molecule has 2 aliphatic rings. The van der Waals surface area contributed by atoms with Gasteiger partial charge >= 0.3 is 6.18 Å². The Labute approximate surface area is 235 Å². The van der Waals surface area contributed by atoms with Crippen molar-refractivity contribution in [3.8, 4) is 39.7 Å². The SMILES string of the molecule is Fc1ccc(-c2ccc(Cn3ccc4nc(-c5cccc(F)c5F)nc-4c3)cc2)c(OCc2ccc(C(F)(F)F)o2)c1. The lowest BCUT2D eigenvalue weighted by Gasteiger charge is -2.13. The fraction of sp³-hybridized carbons (Fsp3) is 0.0968. The summed E-state index contributed by atoms with van der Waals surface area (Å²) in [7, 11) is 0. The van der Waals surface area contributed by atoms with Crippen LogP contribution in [0.25, 0.3) is 33.9 Å². The first-order valence-electron chi connectivity index (χ1n) is 12.6. The summed E-state index contributed by atoms with van der Waals surface area (Å²) in [5.74, 6) is -3.50. The number of fused-ring (bicyclic) bond motifs is 1. The van der Waals surface area contributed by atoms with Gasteiger partial charge in [0.15, 0.2) is 17.5 Å². The fourth-order valence-corrected chi connectivity index (χ4v) is 4.46. The van der Waals surface area contributed by atoms with Gasteiger partial charge in [-0.3, -0.25) is 0 Å². The minimum atomic E-state index is -4.62. The van der Waals surface area contributed by atoms with Gasteiger partial charge in [-0.05, 0) is 53.6 Å². The Morgan fingerprint density at radius 3 is 2.36 bits per heavy atom. The topological polar surface area (TPSA) is 53.1 Å². The predicted octanol–water partition coefficient (Wildman–Crippen LogP) is 8.37. The van der Waals surface area contributed by atoms with Crippen LogP contribution in [0.5, 0.6) is 5.75 Å². The van der Waals surface area contributed by atoms with Gasteiger partial charge in [0.25, 0.3) is 0 Å². The van der Waals surface area contributed by atoms with Crippen molar-refractivity contribution < 1.29 is 35.5 Å². The lowest BCUT2D eigenvalue weighted by molar-refractivity contribution is -0.153. The molecule has 0 saturated heterocycles. The molecule has 1 aromatic heterocycles. The Balaban J connectivity index is 1.19. The first-order chi connectivity index (χ1) is 20.1. The van der Waals surface area contributed by atoms with E-state index in [0.717, 1.165) is 29.8 Å². The van der Waals surface area contributed by atoms with Crippen molar-refractivity contribution in [1.82, 2.24) is 14.5 Å². The van der Waals surface area contributed by atoms with Crippen molar-refractivity contribution >= 4 is 0 Å². The third-order valence-corrected chi connectivity index (χ3v) is 6.50. The third-order valence-electron chi connectivity index (χ3n) is 6.50. The lowest BCUT2D eigenvalue weighted by Crippen LogP contribution is -2.02. The van der Waals surface area contributed by atoms with Crippen molar-refractivity contribution in [2.75, 3.05) is 0 Å². The van der Waals surface area contributed by atoms with Gasteiger partial charge in [0.05, 0.1) is 11.3 Å². The first-order valence-corrected chi connectivity index (χ1v) is 12.6. The van der Waals surface area contributed by atoms with E-state index in [1.54, 1.807) is 18.5 Å². The molecule has 0 amide bonds. The van der Waals surface area contributed by atoms with E-state index in [1.165, 1.54) is 24.3 Å². The zero-order valence-electron chi connectivity index (χ0n) is 21.5. The summed E-state index contributed by atoms with van der Waals surface area (Å²) in [5, 5.41) is 0. The summed E-state index contributed by atoms with van der Waals surface area (Å²) in [4.78, 5) is 8.68. The molecular formula is C31H19F6N3O2. The van der Waals surface area contributed by atoms with Gasteiger partial charge in [-0.15, -0.1) is 0 Å². The van der Waals surface area contributed by atoms with Crippen LogP contribution >= 0.6 is 0 Å². The number of hydrogen-bond donors (Lipinski definition) is 0. The summed E-state index contributed by atoms with van der Waals surface area (Å²) in [6, 6.07) is 18.9. The van der Waals surface area contributed by atoms with Gasteiger partial charge in [-0.1, -0.05) is 30.3 Å². The van der Waals surface area contributed by atoms with E-state index < -0.39 is 29.4 Å². The van der Waals surface area contributed by atoms with Crippen LogP contribution in [0.3, 0.4) is 0 Å². The molecule has 0 spiro atoms. The molecule has 0 bridgehead atoms. The average Bonchev–Trinajstić information content (AvgIpc) is 3.61. The summed E-state index contributed by atoms with van der Waals surface area (Å²) < 4.78 is 92.6. The van der Waals surface area contributed by atoms with Crippen LogP contribution in [-0.4, -0.2) is 14.5 Å². The molecule has 4 aromatic rings. The molecule has 11 heteroatoms. The van der Waals surface area contributed by atoms with E-state index >= 15 is 0 Å². The van der Waals surface area contributed by atoms with Crippen LogP contribution in [0, 0.1) is 17.5 Å². The third kappa shape index (κ3) is 5.58. The largest absolute Gasteiger partial charge is 0.485 e. The zero-order chi connectivity index (χ0) is 29.4. The van der Waals surface area contributed by atoms with E-state index in [-0.39, 0.29) is 29.5 Å². The summed E-state index contributed by atoms with van der Waals surface area (Å²) in [6.07, 6.45) is -1.07. The summed E-state index contributed by atoms with van der Waals surface area (Å²) >= 11 is 0. The highest BCUT2D eigenvalue weighted by atomic mass is 19.4. The Bertz CT molecular complexity index is 1840. The van der Waals surface area contributed by atoms with Crippen LogP contribution in [0.2, 0.25) is 0 Å². The average molecular weight is 580 g/mol. The van der Waals surface area contributed by atoms with Crippen molar-refractivity contribution in [3.63, 3.8) is 0 Å². The number of imidazole rings is 1. The predicted molar refractivity (Wildman–Crippen MR) is 141 cm³/mol. The maximum absolute atomic E-state index is 14.2. The number of aromatic nitrogens is 3. The van der Waals surface area contributed by atoms with Gasteiger partial charge in [0.2, 0.25) is 5.76 Å². The maximum Gasteiger partial charge on any atom is 0.449 e. The molecule has 0 N–H and O–H groups in total. The van der Waals surface area contributed by atoms with Crippen molar-refractivity contribution in [2.24, 2.45) is 0 Å². The number of nitrogens with zero attached hydrogens (tertiary/aromatic N) is 3. The first kappa shape index (κ1) is 27.1. The Hall–Kier alpha value is -5.06. The highest BCUT2D eigenvalue weighted by Crippen LogP contribution is 2.34. The Kier molecular flexibility index (Phi) is 6.93. The fourth-order valence-electron chi connectivity index (χ4n) is 4.46. The van der Waals surface area contributed by atoms with E-state index in [0.29, 0.717) is 29.1 Å². The quantitative estimate of drug-likeness (QED) is 0.178. The molecule has 5 nitrogen and oxygen atoms in total. The number of rotatable bonds is 7. The molecule has 6 rings (SSSR count). The van der Waals surface area contributed by atoms with Crippen LogP contribution < -0.4 is 4.74 Å². The molecule has 3 heterocycles. The van der Waals surface area contributed by atoms with E-state index in [9.17, 15) is 26.3 Å². The number of hydrogen-bond acceptors (Lipinski definition) is 4. The molecule has 212 valence electrons. The van der Waals surface area contributed by atoms with E-state index in [2.05, 4.69) is 9.97 Å². The van der Waals surface area contributed by atoms with Crippen molar-refractivity contribution in [1.29, 1.82) is 0 Å². The van der Waals surface area contributed by atoms with Gasteiger partial charge < -0.3 is 13.7 Å². The summed E-state index contributed by atoms with van der Waals surface area (Å²) in [5.41, 5.74) is 3.19. The molecule has 2 aliphatic heterocycles. The van der Waals surface area contributed by atoms with E-state index in [1.807, 2.05) is 28.8 Å². The number of benzene rings is 3. The molecule has 0 unspecified atom stereocenters. The number of pyridine rings is 1. The van der Waals surface area contributed by atoms with Gasteiger partial charge in [0, 0.05) is 30.6 Å². The molecule has 42 heavy (non-hydrogen) atoms. The maximum atomic E-state index is 14.2. The molecule has 0 atom stereocenters. The van der Waals surface area contributed by atoms with Gasteiger partial charge in [-0.2, -0.15) is 13.2 Å². The van der Waals surface area contributed by atoms with Crippen LogP contribution in [-0.2, 0) is 19.3 Å². The van der Waals surface area contributed by atoms with Gasteiger partial charge in [-0.25, -0.2) is 23.1 Å². The second kappa shape index (κ2) is 10.7. The monoisotopic (exact) mass is 579 g/mol. The lowest BCUT2D eigenvalue weighted by atomic mass is 10.0. The van der Waals surface area contributed by atoms with E-state index in [4.69, 9.17) is 9.15 Å². The minimum absolute atomic E-state index is 0.0206. The normalized spacial score (nSPS) is 11.8. The smallest absolute Gasteiger partial charge is 0.449 e. The Morgan fingerprint density at radius 1 is 0.810 bits per heavy atom. The second-order valence-corrected chi connectivity index (χ2v) is 9.43. The minimum Gasteiger partial charge on any atom is -0.485 e. The molecule has 0 radical (unpaired) electrons. The van der Waals surface area contributed by atoms with Crippen molar-refractivity contribution in [3.05, 3.63) is 126 Å². The van der Waals surface area contributed by atoms with Crippen LogP contribution in [0.1, 0.15) is 17.1 Å². The van der Waals surface area contributed by atoms with Crippen LogP contribution in [0.4, 0.5) is 26.3 Å². The Morgan fingerprint density at radius 2 is 1.60 bits per heavy atom. The highest BCUT2D eigenvalue weighted by molar-refractivity contribution is 5.71. The molecule has 0 aliphatic carbocycles. The molecule has 3 aromatic carbocycles. The zero-order valence-corrected chi connectivity index (χ0v) is 21.5. The standard InChI is InChI=1S/C31H19F6N3O2/c32-20-8-10-22(27(14-20)41-17-21-9-11-28(42-21)31(35,36)37)19-6-4-18(5-7-19)15-40-13-12-25-26(16-40)39-30(38-25)23-2-1-3-24(33)29(23)34/h1-14,16H,15,17H2. The van der Waals surface area contributed by atoms with Crippen LogP contribution in [0.15, 0.2) is 95.7 Å². The number of furan rings is 1. The molecular weight excluding hydrogens is 560 g/mol. The number of alkyl halides is 3. The molecule has 0 fully saturated rings.